The quantitative estimate of drug-likeness (QED) is 0.582. The molecule has 0 radical (unpaired) electrons. The Bertz CT molecular complexity index is 1110. The van der Waals surface area contributed by atoms with Crippen LogP contribution in [0.2, 0.25) is 0 Å². The number of fused-ring (bicyclic) bond motifs is 1. The van der Waals surface area contributed by atoms with Crippen molar-refractivity contribution in [1.29, 1.82) is 0 Å². The van der Waals surface area contributed by atoms with Crippen LogP contribution in [-0.4, -0.2) is 37.1 Å². The summed E-state index contributed by atoms with van der Waals surface area (Å²) in [4.78, 5) is 36.2. The number of sulfone groups is 1. The maximum atomic E-state index is 12.7. The lowest BCUT2D eigenvalue weighted by molar-refractivity contribution is -0.116. The van der Waals surface area contributed by atoms with Gasteiger partial charge >= 0.3 is 0 Å². The van der Waals surface area contributed by atoms with Crippen molar-refractivity contribution in [3.05, 3.63) is 42.5 Å². The first-order chi connectivity index (χ1) is 14.7. The zero-order valence-electron chi connectivity index (χ0n) is 17.1. The summed E-state index contributed by atoms with van der Waals surface area (Å²) in [7, 11) is -3.71. The van der Waals surface area contributed by atoms with Gasteiger partial charge in [-0.15, -0.1) is 11.8 Å². The maximum absolute atomic E-state index is 12.7. The van der Waals surface area contributed by atoms with Gasteiger partial charge in [-0.2, -0.15) is 0 Å². The van der Waals surface area contributed by atoms with E-state index in [1.54, 1.807) is 30.3 Å². The van der Waals surface area contributed by atoms with Crippen LogP contribution in [0.1, 0.15) is 26.7 Å². The highest BCUT2D eigenvalue weighted by Crippen LogP contribution is 2.38. The van der Waals surface area contributed by atoms with Crippen LogP contribution >= 0.6 is 11.8 Å². The van der Waals surface area contributed by atoms with E-state index in [1.807, 2.05) is 6.92 Å². The molecule has 0 unspecified atom stereocenters. The molecule has 3 amide bonds. The number of anilines is 3. The normalized spacial score (nSPS) is 15.5. The molecule has 1 aliphatic rings. The standard InChI is InChI=1S/C21H23N3O5S2/c1-3-18-21(27)24-17-12-16(8-9-19(17)30-18)31(28,29)11-10-20(26)23-15-6-4-14(5-7-15)22-13(2)25/h4-9,12,18H,3,10-11H2,1-2H3,(H,22,25)(H,23,26)(H,24,27)/t18-/m1/s1. The largest absolute Gasteiger partial charge is 0.326 e. The molecule has 1 aliphatic heterocycles. The van der Waals surface area contributed by atoms with E-state index in [4.69, 9.17) is 0 Å². The second-order valence-corrected chi connectivity index (χ2v) is 10.4. The molecule has 0 saturated heterocycles. The summed E-state index contributed by atoms with van der Waals surface area (Å²) in [5.74, 6) is -1.14. The Kier molecular flexibility index (Phi) is 7.01. The van der Waals surface area contributed by atoms with Gasteiger partial charge in [0.05, 0.1) is 21.6 Å². The highest BCUT2D eigenvalue weighted by atomic mass is 32.2. The van der Waals surface area contributed by atoms with Gasteiger partial charge in [0, 0.05) is 29.6 Å². The van der Waals surface area contributed by atoms with Gasteiger partial charge in [0.1, 0.15) is 0 Å². The average Bonchev–Trinajstić information content (AvgIpc) is 2.72. The van der Waals surface area contributed by atoms with Crippen LogP contribution in [0.3, 0.4) is 0 Å². The third-order valence-electron chi connectivity index (χ3n) is 4.59. The molecule has 3 rings (SSSR count). The molecule has 1 atom stereocenters. The molecule has 0 bridgehead atoms. The van der Waals surface area contributed by atoms with E-state index in [-0.39, 0.29) is 34.1 Å². The first-order valence-corrected chi connectivity index (χ1v) is 12.2. The summed E-state index contributed by atoms with van der Waals surface area (Å²) in [5, 5.41) is 7.83. The number of hydrogen-bond donors (Lipinski definition) is 3. The number of benzene rings is 2. The summed E-state index contributed by atoms with van der Waals surface area (Å²) >= 11 is 1.41. The second-order valence-electron chi connectivity index (χ2n) is 7.04. The molecule has 1 heterocycles. The Morgan fingerprint density at radius 2 is 1.71 bits per heavy atom. The zero-order valence-corrected chi connectivity index (χ0v) is 18.7. The molecule has 164 valence electrons. The van der Waals surface area contributed by atoms with Gasteiger partial charge in [0.2, 0.25) is 17.7 Å². The van der Waals surface area contributed by atoms with Crippen LogP contribution in [0.15, 0.2) is 52.3 Å². The van der Waals surface area contributed by atoms with Crippen molar-refractivity contribution in [2.45, 2.75) is 41.7 Å². The summed E-state index contributed by atoms with van der Waals surface area (Å²) in [6.45, 7) is 3.32. The first-order valence-electron chi connectivity index (χ1n) is 9.70. The fourth-order valence-corrected chi connectivity index (χ4v) is 5.29. The number of rotatable bonds is 7. The molecule has 0 aromatic heterocycles. The molecule has 0 saturated carbocycles. The Balaban J connectivity index is 1.61. The maximum Gasteiger partial charge on any atom is 0.237 e. The van der Waals surface area contributed by atoms with Crippen molar-refractivity contribution in [2.75, 3.05) is 21.7 Å². The second kappa shape index (κ2) is 9.52. The lowest BCUT2D eigenvalue weighted by Crippen LogP contribution is -2.28. The Morgan fingerprint density at radius 3 is 2.32 bits per heavy atom. The molecule has 3 N–H and O–H groups in total. The van der Waals surface area contributed by atoms with Crippen molar-refractivity contribution >= 4 is 56.4 Å². The van der Waals surface area contributed by atoms with Crippen molar-refractivity contribution < 1.29 is 22.8 Å². The summed E-state index contributed by atoms with van der Waals surface area (Å²) in [6.07, 6.45) is 0.465. The van der Waals surface area contributed by atoms with E-state index in [1.165, 1.54) is 30.8 Å². The van der Waals surface area contributed by atoms with Gasteiger partial charge in [-0.05, 0) is 48.9 Å². The minimum Gasteiger partial charge on any atom is -0.326 e. The van der Waals surface area contributed by atoms with E-state index in [0.717, 1.165) is 4.90 Å². The number of thioether (sulfide) groups is 1. The van der Waals surface area contributed by atoms with Crippen LogP contribution in [0.25, 0.3) is 0 Å². The van der Waals surface area contributed by atoms with E-state index in [0.29, 0.717) is 23.5 Å². The molecule has 2 aromatic rings. The molecule has 0 fully saturated rings. The molecule has 31 heavy (non-hydrogen) atoms. The van der Waals surface area contributed by atoms with E-state index in [2.05, 4.69) is 16.0 Å². The summed E-state index contributed by atoms with van der Waals surface area (Å²) in [5.41, 5.74) is 1.57. The van der Waals surface area contributed by atoms with Crippen LogP contribution in [0, 0.1) is 0 Å². The lowest BCUT2D eigenvalue weighted by Gasteiger charge is -2.23. The summed E-state index contributed by atoms with van der Waals surface area (Å²) in [6, 6.07) is 11.1. The van der Waals surface area contributed by atoms with Crippen molar-refractivity contribution in [3.8, 4) is 0 Å². The molecule has 10 heteroatoms. The third kappa shape index (κ3) is 5.86. The Hall–Kier alpha value is -2.85. The molecular formula is C21H23N3O5S2. The van der Waals surface area contributed by atoms with Crippen LogP contribution in [-0.2, 0) is 24.2 Å². The molecule has 2 aromatic carbocycles. The van der Waals surface area contributed by atoms with E-state index < -0.39 is 15.7 Å². The monoisotopic (exact) mass is 461 g/mol. The fraction of sp³-hybridized carbons (Fsp3) is 0.286. The van der Waals surface area contributed by atoms with Gasteiger partial charge in [-0.3, -0.25) is 14.4 Å². The van der Waals surface area contributed by atoms with Gasteiger partial charge in [-0.25, -0.2) is 8.42 Å². The number of carbonyl (C=O) groups is 3. The van der Waals surface area contributed by atoms with Crippen molar-refractivity contribution in [3.63, 3.8) is 0 Å². The van der Waals surface area contributed by atoms with Gasteiger partial charge in [0.15, 0.2) is 9.84 Å². The van der Waals surface area contributed by atoms with Crippen LogP contribution in [0.4, 0.5) is 17.1 Å². The highest BCUT2D eigenvalue weighted by molar-refractivity contribution is 8.01. The number of amides is 3. The minimum absolute atomic E-state index is 0.0644. The fourth-order valence-electron chi connectivity index (χ4n) is 3.00. The summed E-state index contributed by atoms with van der Waals surface area (Å²) < 4.78 is 25.4. The molecule has 0 spiro atoms. The predicted octanol–water partition coefficient (Wildman–Crippen LogP) is 3.27. The minimum atomic E-state index is -3.71. The van der Waals surface area contributed by atoms with Crippen molar-refractivity contribution in [1.82, 2.24) is 0 Å². The highest BCUT2D eigenvalue weighted by Gasteiger charge is 2.27. The molecule has 8 nitrogen and oxygen atoms in total. The molecule has 0 aliphatic carbocycles. The Morgan fingerprint density at radius 1 is 1.06 bits per heavy atom. The van der Waals surface area contributed by atoms with E-state index in [9.17, 15) is 22.8 Å². The van der Waals surface area contributed by atoms with Crippen LogP contribution in [0.5, 0.6) is 0 Å². The zero-order chi connectivity index (χ0) is 22.6. The van der Waals surface area contributed by atoms with E-state index >= 15 is 0 Å². The SMILES string of the molecule is CC[C@H]1Sc2ccc(S(=O)(=O)CCC(=O)Nc3ccc(NC(C)=O)cc3)cc2NC1=O. The number of carbonyl (C=O) groups excluding carboxylic acids is 3. The average molecular weight is 462 g/mol. The number of nitrogens with one attached hydrogen (secondary N) is 3. The predicted molar refractivity (Wildman–Crippen MR) is 121 cm³/mol. The number of hydrogen-bond acceptors (Lipinski definition) is 6. The first kappa shape index (κ1) is 22.8. The van der Waals surface area contributed by atoms with Gasteiger partial charge in [0.25, 0.3) is 0 Å². The Labute approximate surface area is 185 Å². The topological polar surface area (TPSA) is 121 Å². The molecular weight excluding hydrogens is 438 g/mol. The lowest BCUT2D eigenvalue weighted by atomic mass is 10.2. The van der Waals surface area contributed by atoms with Crippen molar-refractivity contribution in [2.24, 2.45) is 0 Å². The smallest absolute Gasteiger partial charge is 0.237 e. The third-order valence-corrected chi connectivity index (χ3v) is 7.74. The van der Waals surface area contributed by atoms with Crippen LogP contribution < -0.4 is 16.0 Å². The van der Waals surface area contributed by atoms with Gasteiger partial charge in [-0.1, -0.05) is 6.92 Å². The van der Waals surface area contributed by atoms with Gasteiger partial charge < -0.3 is 16.0 Å².